The highest BCUT2D eigenvalue weighted by Crippen LogP contribution is 2.34. The first kappa shape index (κ1) is 19.1. The van der Waals surface area contributed by atoms with Crippen LogP contribution in [0.1, 0.15) is 30.1 Å². The predicted molar refractivity (Wildman–Crippen MR) is 101 cm³/mol. The molecule has 0 spiro atoms. The molecule has 7 heteroatoms. The largest absolute Gasteiger partial charge is 0.494 e. The van der Waals surface area contributed by atoms with Crippen LogP contribution in [0.5, 0.6) is 5.75 Å². The summed E-state index contributed by atoms with van der Waals surface area (Å²) in [5.74, 6) is -0.0666. The van der Waals surface area contributed by atoms with E-state index in [0.29, 0.717) is 29.1 Å². The molecule has 25 heavy (non-hydrogen) atoms. The number of nitrogens with one attached hydrogen (secondary N) is 2. The summed E-state index contributed by atoms with van der Waals surface area (Å²) in [5, 5.41) is 6.05. The third kappa shape index (κ3) is 5.11. The van der Waals surface area contributed by atoms with Crippen molar-refractivity contribution in [3.05, 3.63) is 52.0 Å². The van der Waals surface area contributed by atoms with Gasteiger partial charge in [-0.05, 0) is 42.8 Å². The highest BCUT2D eigenvalue weighted by Gasteiger charge is 2.13. The molecule has 0 saturated heterocycles. The number of anilines is 2. The van der Waals surface area contributed by atoms with Gasteiger partial charge in [0, 0.05) is 23.4 Å². The van der Waals surface area contributed by atoms with Crippen molar-refractivity contribution < 1.29 is 14.3 Å². The highest BCUT2D eigenvalue weighted by molar-refractivity contribution is 6.37. The smallest absolute Gasteiger partial charge is 0.255 e. The van der Waals surface area contributed by atoms with E-state index in [9.17, 15) is 9.59 Å². The summed E-state index contributed by atoms with van der Waals surface area (Å²) in [6.07, 6.45) is 1.25. The third-order valence-electron chi connectivity index (χ3n) is 3.37. The van der Waals surface area contributed by atoms with E-state index in [1.165, 1.54) is 19.2 Å². The Hall–Kier alpha value is -2.24. The van der Waals surface area contributed by atoms with Gasteiger partial charge >= 0.3 is 0 Å². The van der Waals surface area contributed by atoms with Gasteiger partial charge in [-0.25, -0.2) is 0 Å². The number of ether oxygens (including phenoxy) is 1. The van der Waals surface area contributed by atoms with E-state index in [1.807, 2.05) is 6.92 Å². The zero-order valence-electron chi connectivity index (χ0n) is 13.9. The zero-order chi connectivity index (χ0) is 18.4. The normalized spacial score (nSPS) is 10.2. The molecule has 2 amide bonds. The predicted octanol–water partition coefficient (Wildman–Crippen LogP) is 4.99. The topological polar surface area (TPSA) is 67.4 Å². The standard InChI is InChI=1S/C18H18Cl2N2O3/c1-3-4-16(23)21-12-5-7-13(8-6-12)22-18(24)11-9-14(19)17(25-2)15(20)10-11/h5-10H,3-4H2,1-2H3,(H,21,23)(H,22,24). The number of hydrogen-bond acceptors (Lipinski definition) is 3. The zero-order valence-corrected chi connectivity index (χ0v) is 15.4. The number of benzene rings is 2. The van der Waals surface area contributed by atoms with Crippen molar-refractivity contribution in [2.45, 2.75) is 19.8 Å². The van der Waals surface area contributed by atoms with Crippen LogP contribution < -0.4 is 15.4 Å². The maximum Gasteiger partial charge on any atom is 0.255 e. The van der Waals surface area contributed by atoms with Crippen molar-refractivity contribution in [1.82, 2.24) is 0 Å². The van der Waals surface area contributed by atoms with Crippen LogP contribution in [0.15, 0.2) is 36.4 Å². The van der Waals surface area contributed by atoms with E-state index in [2.05, 4.69) is 10.6 Å². The summed E-state index contributed by atoms with van der Waals surface area (Å²) in [5.41, 5.74) is 1.57. The van der Waals surface area contributed by atoms with Gasteiger partial charge in [0.1, 0.15) is 0 Å². The fraction of sp³-hybridized carbons (Fsp3) is 0.222. The lowest BCUT2D eigenvalue weighted by atomic mass is 10.2. The third-order valence-corrected chi connectivity index (χ3v) is 3.93. The Balaban J connectivity index is 2.07. The van der Waals surface area contributed by atoms with E-state index in [4.69, 9.17) is 27.9 Å². The minimum absolute atomic E-state index is 0.0400. The molecule has 5 nitrogen and oxygen atoms in total. The van der Waals surface area contributed by atoms with E-state index < -0.39 is 0 Å². The molecule has 0 aliphatic heterocycles. The van der Waals surface area contributed by atoms with Crippen LogP contribution in [0, 0.1) is 0 Å². The molecule has 2 aromatic carbocycles. The minimum Gasteiger partial charge on any atom is -0.494 e. The second kappa shape index (κ2) is 8.74. The summed E-state index contributed by atoms with van der Waals surface area (Å²) in [7, 11) is 1.45. The Bertz CT molecular complexity index is 753. The van der Waals surface area contributed by atoms with Crippen LogP contribution in [0.3, 0.4) is 0 Å². The van der Waals surface area contributed by atoms with Gasteiger partial charge in [-0.1, -0.05) is 30.1 Å². The van der Waals surface area contributed by atoms with Crippen molar-refractivity contribution >= 4 is 46.4 Å². The van der Waals surface area contributed by atoms with Crippen molar-refractivity contribution in [3.8, 4) is 5.75 Å². The summed E-state index contributed by atoms with van der Waals surface area (Å²) in [6.45, 7) is 1.94. The van der Waals surface area contributed by atoms with E-state index in [-0.39, 0.29) is 21.9 Å². The molecule has 0 bridgehead atoms. The summed E-state index contributed by atoms with van der Waals surface area (Å²) in [6, 6.07) is 9.81. The lowest BCUT2D eigenvalue weighted by molar-refractivity contribution is -0.116. The molecule has 2 rings (SSSR count). The number of rotatable bonds is 6. The number of methoxy groups -OCH3 is 1. The van der Waals surface area contributed by atoms with Gasteiger partial charge in [-0.15, -0.1) is 0 Å². The Labute approximate surface area is 156 Å². The van der Waals surface area contributed by atoms with Crippen LogP contribution >= 0.6 is 23.2 Å². The van der Waals surface area contributed by atoms with Crippen molar-refractivity contribution in [2.75, 3.05) is 17.7 Å². The van der Waals surface area contributed by atoms with Crippen LogP contribution in [0.4, 0.5) is 11.4 Å². The van der Waals surface area contributed by atoms with Gasteiger partial charge in [0.2, 0.25) is 5.91 Å². The lowest BCUT2D eigenvalue weighted by Gasteiger charge is -2.10. The van der Waals surface area contributed by atoms with Gasteiger partial charge in [-0.3, -0.25) is 9.59 Å². The average molecular weight is 381 g/mol. The van der Waals surface area contributed by atoms with Crippen LogP contribution in [-0.2, 0) is 4.79 Å². The maximum atomic E-state index is 12.3. The number of carbonyl (C=O) groups is 2. The first-order valence-electron chi connectivity index (χ1n) is 7.69. The molecular weight excluding hydrogens is 363 g/mol. The molecule has 0 atom stereocenters. The molecule has 0 radical (unpaired) electrons. The van der Waals surface area contributed by atoms with E-state index in [1.54, 1.807) is 24.3 Å². The number of hydrogen-bond donors (Lipinski definition) is 2. The maximum absolute atomic E-state index is 12.3. The first-order valence-corrected chi connectivity index (χ1v) is 8.44. The van der Waals surface area contributed by atoms with E-state index in [0.717, 1.165) is 6.42 Å². The molecule has 0 unspecified atom stereocenters. The van der Waals surface area contributed by atoms with E-state index >= 15 is 0 Å². The van der Waals surface area contributed by atoms with Gasteiger partial charge in [0.25, 0.3) is 5.91 Å². The van der Waals surface area contributed by atoms with Gasteiger partial charge < -0.3 is 15.4 Å². The van der Waals surface area contributed by atoms with Crippen molar-refractivity contribution in [2.24, 2.45) is 0 Å². The van der Waals surface area contributed by atoms with Gasteiger partial charge in [0.05, 0.1) is 17.2 Å². The Morgan fingerprint density at radius 1 is 1.00 bits per heavy atom. The average Bonchev–Trinajstić information content (AvgIpc) is 2.56. The molecule has 0 fully saturated rings. The molecule has 0 aliphatic rings. The second-order valence-corrected chi connectivity index (χ2v) is 6.12. The summed E-state index contributed by atoms with van der Waals surface area (Å²) < 4.78 is 5.06. The first-order chi connectivity index (χ1) is 11.9. The van der Waals surface area contributed by atoms with Gasteiger partial charge in [0.15, 0.2) is 5.75 Å². The van der Waals surface area contributed by atoms with Crippen LogP contribution in [-0.4, -0.2) is 18.9 Å². The molecule has 132 valence electrons. The fourth-order valence-electron chi connectivity index (χ4n) is 2.18. The quantitative estimate of drug-likeness (QED) is 0.741. The van der Waals surface area contributed by atoms with Crippen molar-refractivity contribution in [3.63, 3.8) is 0 Å². The van der Waals surface area contributed by atoms with Gasteiger partial charge in [-0.2, -0.15) is 0 Å². The number of carbonyl (C=O) groups excluding carboxylic acids is 2. The summed E-state index contributed by atoms with van der Waals surface area (Å²) in [4.78, 5) is 23.9. The number of halogens is 2. The Morgan fingerprint density at radius 3 is 2.00 bits per heavy atom. The molecule has 0 saturated carbocycles. The lowest BCUT2D eigenvalue weighted by Crippen LogP contribution is -2.13. The molecular formula is C18H18Cl2N2O3. The Kier molecular flexibility index (Phi) is 6.67. The van der Waals surface area contributed by atoms with Crippen molar-refractivity contribution in [1.29, 1.82) is 0 Å². The van der Waals surface area contributed by atoms with Crippen LogP contribution in [0.25, 0.3) is 0 Å². The monoisotopic (exact) mass is 380 g/mol. The Morgan fingerprint density at radius 2 is 1.52 bits per heavy atom. The molecule has 2 N–H and O–H groups in total. The second-order valence-electron chi connectivity index (χ2n) is 5.30. The fourth-order valence-corrected chi connectivity index (χ4v) is 2.82. The minimum atomic E-state index is -0.353. The SMILES string of the molecule is CCCC(=O)Nc1ccc(NC(=O)c2cc(Cl)c(OC)c(Cl)c2)cc1. The highest BCUT2D eigenvalue weighted by atomic mass is 35.5. The van der Waals surface area contributed by atoms with Crippen LogP contribution in [0.2, 0.25) is 10.0 Å². The molecule has 2 aromatic rings. The summed E-state index contributed by atoms with van der Waals surface area (Å²) >= 11 is 12.1. The number of amides is 2. The molecule has 0 heterocycles. The molecule has 0 aromatic heterocycles. The molecule has 0 aliphatic carbocycles.